The van der Waals surface area contributed by atoms with Gasteiger partial charge < -0.3 is 4.74 Å². The lowest BCUT2D eigenvalue weighted by Crippen LogP contribution is -1.96. The maximum atomic E-state index is 13.6. The average Bonchev–Trinajstić information content (AvgIpc) is 2.71. The number of hydrogen-bond donors (Lipinski definition) is 0. The lowest BCUT2D eigenvalue weighted by molar-refractivity contribution is 0.0533. The zero-order chi connectivity index (χ0) is 11.8. The second kappa shape index (κ2) is 3.66. The summed E-state index contributed by atoms with van der Waals surface area (Å²) in [7, 11) is 0. The topological polar surface area (TPSA) is 39.2 Å². The van der Waals surface area contributed by atoms with Gasteiger partial charge in [-0.05, 0) is 12.1 Å². The van der Waals surface area contributed by atoms with Crippen molar-refractivity contribution in [2.24, 2.45) is 0 Å². The summed E-state index contributed by atoms with van der Waals surface area (Å²) in [5.74, 6) is -0.730. The molecule has 0 aliphatic carbocycles. The van der Waals surface area contributed by atoms with Crippen molar-refractivity contribution >= 4 is 5.97 Å². The van der Waals surface area contributed by atoms with Gasteiger partial charge in [0, 0.05) is 17.3 Å². The van der Waals surface area contributed by atoms with Crippen LogP contribution in [0.15, 0.2) is 36.5 Å². The Morgan fingerprint density at radius 3 is 2.88 bits per heavy atom. The number of aromatic nitrogens is 1. The highest BCUT2D eigenvalue weighted by Gasteiger charge is 2.23. The molecule has 3 nitrogen and oxygen atoms in total. The van der Waals surface area contributed by atoms with E-state index in [1.54, 1.807) is 30.5 Å². The highest BCUT2D eigenvalue weighted by atomic mass is 19.1. The van der Waals surface area contributed by atoms with Crippen LogP contribution in [0.1, 0.15) is 16.1 Å². The fourth-order valence-corrected chi connectivity index (χ4v) is 1.84. The maximum Gasteiger partial charge on any atom is 0.340 e. The number of esters is 1. The van der Waals surface area contributed by atoms with Crippen molar-refractivity contribution in [3.63, 3.8) is 0 Å². The highest BCUT2D eigenvalue weighted by molar-refractivity contribution is 5.94. The molecule has 1 aliphatic rings. The molecule has 0 unspecified atom stereocenters. The van der Waals surface area contributed by atoms with Gasteiger partial charge in [0.2, 0.25) is 0 Å². The van der Waals surface area contributed by atoms with Crippen LogP contribution in [0.3, 0.4) is 0 Å². The predicted molar refractivity (Wildman–Crippen MR) is 58.8 cm³/mol. The zero-order valence-corrected chi connectivity index (χ0v) is 8.81. The number of fused-ring (bicyclic) bond motifs is 1. The SMILES string of the molecule is O=C1OCc2ncc(-c3ccccc3F)cc21. The number of hydrogen-bond acceptors (Lipinski definition) is 3. The second-order valence-electron chi connectivity index (χ2n) is 3.77. The molecule has 0 bridgehead atoms. The van der Waals surface area contributed by atoms with E-state index in [4.69, 9.17) is 4.74 Å². The zero-order valence-electron chi connectivity index (χ0n) is 8.81. The molecular weight excluding hydrogens is 221 g/mol. The average molecular weight is 229 g/mol. The van der Waals surface area contributed by atoms with Crippen LogP contribution in [0.4, 0.5) is 4.39 Å². The van der Waals surface area contributed by atoms with Gasteiger partial charge in [-0.1, -0.05) is 18.2 Å². The molecule has 2 aromatic rings. The molecule has 0 fully saturated rings. The van der Waals surface area contributed by atoms with E-state index in [-0.39, 0.29) is 12.4 Å². The maximum absolute atomic E-state index is 13.6. The van der Waals surface area contributed by atoms with Crippen LogP contribution in [0.2, 0.25) is 0 Å². The van der Waals surface area contributed by atoms with Gasteiger partial charge in [0.25, 0.3) is 0 Å². The van der Waals surface area contributed by atoms with Crippen LogP contribution >= 0.6 is 0 Å². The molecule has 2 heterocycles. The van der Waals surface area contributed by atoms with Gasteiger partial charge in [-0.3, -0.25) is 4.98 Å². The van der Waals surface area contributed by atoms with Crippen LogP contribution in [0.5, 0.6) is 0 Å². The number of benzene rings is 1. The van der Waals surface area contributed by atoms with Crippen LogP contribution in [-0.4, -0.2) is 11.0 Å². The third-order valence-electron chi connectivity index (χ3n) is 2.71. The summed E-state index contributed by atoms with van der Waals surface area (Å²) >= 11 is 0. The summed E-state index contributed by atoms with van der Waals surface area (Å²) < 4.78 is 18.4. The molecule has 1 aliphatic heterocycles. The normalized spacial score (nSPS) is 13.4. The molecule has 0 saturated carbocycles. The fraction of sp³-hybridized carbons (Fsp3) is 0.0769. The second-order valence-corrected chi connectivity index (χ2v) is 3.77. The van der Waals surface area contributed by atoms with E-state index in [9.17, 15) is 9.18 Å². The van der Waals surface area contributed by atoms with E-state index in [1.807, 2.05) is 0 Å². The number of carbonyl (C=O) groups excluding carboxylic acids is 1. The first-order chi connectivity index (χ1) is 8.25. The Balaban J connectivity index is 2.15. The molecule has 84 valence electrons. The van der Waals surface area contributed by atoms with Crippen molar-refractivity contribution in [3.8, 4) is 11.1 Å². The fourth-order valence-electron chi connectivity index (χ4n) is 1.84. The van der Waals surface area contributed by atoms with Crippen molar-refractivity contribution in [2.45, 2.75) is 6.61 Å². The summed E-state index contributed by atoms with van der Waals surface area (Å²) in [5.41, 5.74) is 2.05. The quantitative estimate of drug-likeness (QED) is 0.705. The molecule has 0 atom stereocenters. The molecule has 3 rings (SSSR count). The van der Waals surface area contributed by atoms with E-state index in [0.29, 0.717) is 22.4 Å². The first-order valence-electron chi connectivity index (χ1n) is 5.16. The smallest absolute Gasteiger partial charge is 0.340 e. The first-order valence-corrected chi connectivity index (χ1v) is 5.16. The van der Waals surface area contributed by atoms with Gasteiger partial charge >= 0.3 is 5.97 Å². The molecule has 0 radical (unpaired) electrons. The molecule has 0 saturated heterocycles. The standard InChI is InChI=1S/C13H8FNO2/c14-11-4-2-1-3-9(11)8-5-10-12(15-6-8)7-17-13(10)16/h1-6H,7H2. The Morgan fingerprint density at radius 1 is 1.24 bits per heavy atom. The number of carbonyl (C=O) groups is 1. The lowest BCUT2D eigenvalue weighted by Gasteiger charge is -2.03. The number of rotatable bonds is 1. The lowest BCUT2D eigenvalue weighted by atomic mass is 10.0. The molecular formula is C13H8FNO2. The summed E-state index contributed by atoms with van der Waals surface area (Å²) in [6, 6.07) is 8.01. The highest BCUT2D eigenvalue weighted by Crippen LogP contribution is 2.26. The van der Waals surface area contributed by atoms with Gasteiger partial charge in [0.05, 0.1) is 11.3 Å². The van der Waals surface area contributed by atoms with Crippen molar-refractivity contribution in [1.82, 2.24) is 4.98 Å². The minimum Gasteiger partial charge on any atom is -0.456 e. The third kappa shape index (κ3) is 1.58. The Hall–Kier alpha value is -2.23. The van der Waals surface area contributed by atoms with Gasteiger partial charge in [0.15, 0.2) is 0 Å². The number of cyclic esters (lactones) is 1. The first kappa shape index (κ1) is 9.96. The number of pyridine rings is 1. The van der Waals surface area contributed by atoms with Crippen molar-refractivity contribution in [1.29, 1.82) is 0 Å². The number of halogens is 1. The third-order valence-corrected chi connectivity index (χ3v) is 2.71. The van der Waals surface area contributed by atoms with Gasteiger partial charge in [-0.2, -0.15) is 0 Å². The molecule has 0 amide bonds. The number of nitrogens with zero attached hydrogens (tertiary/aromatic N) is 1. The summed E-state index contributed by atoms with van der Waals surface area (Å²) in [6.07, 6.45) is 1.55. The van der Waals surface area contributed by atoms with E-state index < -0.39 is 5.97 Å². The van der Waals surface area contributed by atoms with Gasteiger partial charge in [-0.25, -0.2) is 9.18 Å². The van der Waals surface area contributed by atoms with Crippen molar-refractivity contribution < 1.29 is 13.9 Å². The molecule has 1 aromatic heterocycles. The Bertz CT molecular complexity index is 610. The minimum absolute atomic E-state index is 0.200. The molecule has 17 heavy (non-hydrogen) atoms. The number of ether oxygens (including phenoxy) is 1. The van der Waals surface area contributed by atoms with E-state index >= 15 is 0 Å². The Morgan fingerprint density at radius 2 is 2.06 bits per heavy atom. The summed E-state index contributed by atoms with van der Waals surface area (Å²) in [6.45, 7) is 0.200. The van der Waals surface area contributed by atoms with Gasteiger partial charge in [0.1, 0.15) is 12.4 Å². The monoisotopic (exact) mass is 229 g/mol. The minimum atomic E-state index is -0.398. The van der Waals surface area contributed by atoms with Crippen LogP contribution < -0.4 is 0 Å². The van der Waals surface area contributed by atoms with E-state index in [2.05, 4.69) is 4.98 Å². The van der Waals surface area contributed by atoms with Crippen molar-refractivity contribution in [3.05, 3.63) is 53.6 Å². The van der Waals surface area contributed by atoms with E-state index in [0.717, 1.165) is 0 Å². The summed E-state index contributed by atoms with van der Waals surface area (Å²) in [5, 5.41) is 0. The van der Waals surface area contributed by atoms with Crippen LogP contribution in [-0.2, 0) is 11.3 Å². The Labute approximate surface area is 96.9 Å². The van der Waals surface area contributed by atoms with Crippen LogP contribution in [0.25, 0.3) is 11.1 Å². The largest absolute Gasteiger partial charge is 0.456 e. The molecule has 0 N–H and O–H groups in total. The van der Waals surface area contributed by atoms with Gasteiger partial charge in [-0.15, -0.1) is 0 Å². The van der Waals surface area contributed by atoms with Crippen molar-refractivity contribution in [2.75, 3.05) is 0 Å². The molecule has 4 heteroatoms. The predicted octanol–water partition coefficient (Wildman–Crippen LogP) is 2.56. The van der Waals surface area contributed by atoms with Crippen LogP contribution in [0, 0.1) is 5.82 Å². The molecule has 1 aromatic carbocycles. The Kier molecular flexibility index (Phi) is 2.14. The summed E-state index contributed by atoms with van der Waals surface area (Å²) in [4.78, 5) is 15.5. The molecule has 0 spiro atoms. The van der Waals surface area contributed by atoms with E-state index in [1.165, 1.54) is 6.07 Å².